The van der Waals surface area contributed by atoms with Gasteiger partial charge in [-0.15, -0.1) is 0 Å². The molecule has 2 N–H and O–H groups in total. The monoisotopic (exact) mass is 264 g/mol. The second-order valence-corrected chi connectivity index (χ2v) is 4.31. The summed E-state index contributed by atoms with van der Waals surface area (Å²) in [6.45, 7) is 0.162. The molecule has 0 amide bonds. The van der Waals surface area contributed by atoms with Crippen molar-refractivity contribution >= 4 is 5.97 Å². The fourth-order valence-electron chi connectivity index (χ4n) is 2.08. The summed E-state index contributed by atoms with van der Waals surface area (Å²) < 4.78 is 15.9. The van der Waals surface area contributed by atoms with E-state index in [1.54, 1.807) is 0 Å². The first kappa shape index (κ1) is 12.0. The average Bonchev–Trinajstić information content (AvgIpc) is 3.01. The minimum Gasteiger partial charge on any atom is -0.505 e. The SMILES string of the molecule is O=C1O[C@H]([C@H]2COC(c3ccccc3)O2)C(O)=C1O. The first-order valence-electron chi connectivity index (χ1n) is 5.82. The number of aliphatic hydroxyl groups is 2. The Morgan fingerprint density at radius 3 is 2.53 bits per heavy atom. The first-order valence-corrected chi connectivity index (χ1v) is 5.82. The van der Waals surface area contributed by atoms with Gasteiger partial charge in [-0.3, -0.25) is 0 Å². The molecule has 0 aliphatic carbocycles. The van der Waals surface area contributed by atoms with E-state index in [-0.39, 0.29) is 6.61 Å². The maximum absolute atomic E-state index is 11.1. The van der Waals surface area contributed by atoms with E-state index in [1.807, 2.05) is 30.3 Å². The highest BCUT2D eigenvalue weighted by molar-refractivity contribution is 5.89. The van der Waals surface area contributed by atoms with Gasteiger partial charge in [-0.2, -0.15) is 0 Å². The summed E-state index contributed by atoms with van der Waals surface area (Å²) in [5.41, 5.74) is 0.835. The maximum Gasteiger partial charge on any atom is 0.377 e. The molecule has 1 saturated heterocycles. The molecule has 6 nitrogen and oxygen atoms in total. The van der Waals surface area contributed by atoms with Gasteiger partial charge in [0.25, 0.3) is 0 Å². The summed E-state index contributed by atoms with van der Waals surface area (Å²) in [7, 11) is 0. The minimum absolute atomic E-state index is 0.162. The van der Waals surface area contributed by atoms with Gasteiger partial charge in [0.15, 0.2) is 18.2 Å². The van der Waals surface area contributed by atoms with E-state index in [0.29, 0.717) is 0 Å². The lowest BCUT2D eigenvalue weighted by atomic mass is 10.2. The van der Waals surface area contributed by atoms with Gasteiger partial charge in [0.2, 0.25) is 5.76 Å². The lowest BCUT2D eigenvalue weighted by molar-refractivity contribution is -0.149. The number of carbonyl (C=O) groups excluding carboxylic acids is 1. The lowest BCUT2D eigenvalue weighted by Crippen LogP contribution is -2.30. The second-order valence-electron chi connectivity index (χ2n) is 4.31. The van der Waals surface area contributed by atoms with Crippen LogP contribution in [0.15, 0.2) is 41.9 Å². The second kappa shape index (κ2) is 4.56. The molecular formula is C13H12O6. The van der Waals surface area contributed by atoms with Crippen molar-refractivity contribution in [1.29, 1.82) is 0 Å². The van der Waals surface area contributed by atoms with E-state index in [1.165, 1.54) is 0 Å². The van der Waals surface area contributed by atoms with Crippen molar-refractivity contribution in [2.24, 2.45) is 0 Å². The van der Waals surface area contributed by atoms with Crippen LogP contribution in [0.5, 0.6) is 0 Å². The Balaban J connectivity index is 1.72. The highest BCUT2D eigenvalue weighted by atomic mass is 16.7. The Morgan fingerprint density at radius 2 is 1.89 bits per heavy atom. The van der Waals surface area contributed by atoms with Gasteiger partial charge in [-0.1, -0.05) is 30.3 Å². The summed E-state index contributed by atoms with van der Waals surface area (Å²) in [6.07, 6.45) is -2.22. The lowest BCUT2D eigenvalue weighted by Gasteiger charge is -2.16. The van der Waals surface area contributed by atoms with Crippen LogP contribution in [0, 0.1) is 0 Å². The number of rotatable bonds is 2. The predicted molar refractivity (Wildman–Crippen MR) is 62.2 cm³/mol. The largest absolute Gasteiger partial charge is 0.505 e. The molecule has 0 aromatic heterocycles. The molecular weight excluding hydrogens is 252 g/mol. The molecule has 2 aliphatic rings. The van der Waals surface area contributed by atoms with Crippen molar-refractivity contribution in [2.45, 2.75) is 18.5 Å². The zero-order valence-corrected chi connectivity index (χ0v) is 9.85. The van der Waals surface area contributed by atoms with Gasteiger partial charge in [0.1, 0.15) is 6.10 Å². The fourth-order valence-corrected chi connectivity index (χ4v) is 2.08. The molecule has 0 bridgehead atoms. The van der Waals surface area contributed by atoms with E-state index in [2.05, 4.69) is 0 Å². The molecule has 0 radical (unpaired) electrons. The van der Waals surface area contributed by atoms with Gasteiger partial charge in [-0.05, 0) is 0 Å². The molecule has 6 heteroatoms. The van der Waals surface area contributed by atoms with Crippen LogP contribution in [0.2, 0.25) is 0 Å². The molecule has 0 spiro atoms. The molecule has 3 atom stereocenters. The van der Waals surface area contributed by atoms with Gasteiger partial charge >= 0.3 is 5.97 Å². The van der Waals surface area contributed by atoms with E-state index >= 15 is 0 Å². The number of esters is 1. The molecule has 1 fully saturated rings. The standard InChI is InChI=1S/C13H12O6/c14-9-10(15)12(16)19-11(9)8-6-17-13(18-8)7-4-2-1-3-5-7/h1-5,8,11,13-15H,6H2/t8-,11-,13?/m1/s1. The molecule has 2 heterocycles. The molecule has 1 unspecified atom stereocenters. The van der Waals surface area contributed by atoms with Crippen LogP contribution in [0.25, 0.3) is 0 Å². The van der Waals surface area contributed by atoms with Crippen molar-refractivity contribution in [3.8, 4) is 0 Å². The van der Waals surface area contributed by atoms with E-state index in [9.17, 15) is 15.0 Å². The van der Waals surface area contributed by atoms with Crippen LogP contribution in [0.3, 0.4) is 0 Å². The number of cyclic esters (lactones) is 1. The Bertz CT molecular complexity index is 523. The van der Waals surface area contributed by atoms with Crippen molar-refractivity contribution in [2.75, 3.05) is 6.61 Å². The van der Waals surface area contributed by atoms with E-state index in [4.69, 9.17) is 14.2 Å². The molecule has 3 rings (SSSR count). The summed E-state index contributed by atoms with van der Waals surface area (Å²) >= 11 is 0. The van der Waals surface area contributed by atoms with Gasteiger partial charge in [0, 0.05) is 5.56 Å². The zero-order valence-electron chi connectivity index (χ0n) is 9.85. The van der Waals surface area contributed by atoms with Crippen LogP contribution in [-0.2, 0) is 19.0 Å². The third kappa shape index (κ3) is 2.05. The van der Waals surface area contributed by atoms with E-state index < -0.39 is 36.0 Å². The van der Waals surface area contributed by atoms with Gasteiger partial charge < -0.3 is 24.4 Å². The van der Waals surface area contributed by atoms with Crippen LogP contribution in [0.1, 0.15) is 11.9 Å². The zero-order chi connectivity index (χ0) is 13.4. The maximum atomic E-state index is 11.1. The molecule has 0 saturated carbocycles. The molecule has 2 aliphatic heterocycles. The highest BCUT2D eigenvalue weighted by Crippen LogP contribution is 2.33. The third-order valence-electron chi connectivity index (χ3n) is 3.06. The third-order valence-corrected chi connectivity index (χ3v) is 3.06. The van der Waals surface area contributed by atoms with Crippen LogP contribution < -0.4 is 0 Å². The number of hydrogen-bond donors (Lipinski definition) is 2. The van der Waals surface area contributed by atoms with Crippen molar-refractivity contribution in [1.82, 2.24) is 0 Å². The molecule has 19 heavy (non-hydrogen) atoms. The Kier molecular flexibility index (Phi) is 2.88. The van der Waals surface area contributed by atoms with Crippen LogP contribution in [-0.4, -0.2) is 35.0 Å². The first-order chi connectivity index (χ1) is 9.16. The topological polar surface area (TPSA) is 85.2 Å². The summed E-state index contributed by atoms with van der Waals surface area (Å²) in [5, 5.41) is 18.8. The number of aliphatic hydroxyl groups excluding tert-OH is 2. The van der Waals surface area contributed by atoms with Crippen LogP contribution >= 0.6 is 0 Å². The minimum atomic E-state index is -1.01. The van der Waals surface area contributed by atoms with Crippen molar-refractivity contribution in [3.63, 3.8) is 0 Å². The Hall–Kier alpha value is -2.05. The number of carbonyl (C=O) groups is 1. The Morgan fingerprint density at radius 1 is 1.16 bits per heavy atom. The summed E-state index contributed by atoms with van der Waals surface area (Å²) in [5.74, 6) is -2.22. The molecule has 100 valence electrons. The fraction of sp³-hybridized carbons (Fsp3) is 0.308. The summed E-state index contributed by atoms with van der Waals surface area (Å²) in [6, 6.07) is 9.28. The number of hydrogen-bond acceptors (Lipinski definition) is 6. The molecule has 1 aromatic rings. The van der Waals surface area contributed by atoms with Crippen molar-refractivity contribution < 1.29 is 29.2 Å². The Labute approximate surface area is 108 Å². The molecule has 1 aromatic carbocycles. The average molecular weight is 264 g/mol. The number of benzene rings is 1. The van der Waals surface area contributed by atoms with Crippen LogP contribution in [0.4, 0.5) is 0 Å². The van der Waals surface area contributed by atoms with Gasteiger partial charge in [0.05, 0.1) is 6.61 Å². The smallest absolute Gasteiger partial charge is 0.377 e. The van der Waals surface area contributed by atoms with E-state index in [0.717, 1.165) is 5.56 Å². The highest BCUT2D eigenvalue weighted by Gasteiger charge is 2.44. The predicted octanol–water partition coefficient (Wildman–Crippen LogP) is 1.35. The normalized spacial score (nSPS) is 30.7. The van der Waals surface area contributed by atoms with Crippen molar-refractivity contribution in [3.05, 3.63) is 47.4 Å². The number of ether oxygens (including phenoxy) is 3. The quantitative estimate of drug-likeness (QED) is 0.784. The summed E-state index contributed by atoms with van der Waals surface area (Å²) in [4.78, 5) is 11.1. The van der Waals surface area contributed by atoms with Gasteiger partial charge in [-0.25, -0.2) is 4.79 Å².